The molecular formula is C9H14I3N2O2V. The third kappa shape index (κ3) is 23.0. The predicted molar refractivity (Wildman–Crippen MR) is 91.8 cm³/mol. The van der Waals surface area contributed by atoms with Crippen molar-refractivity contribution in [2.45, 2.75) is 19.8 Å². The Kier molecular flexibility index (Phi) is 18.9. The van der Waals surface area contributed by atoms with Crippen LogP contribution in [-0.2, 0) is 14.5 Å². The molecule has 0 rings (SSSR count). The Balaban J connectivity index is 0. The van der Waals surface area contributed by atoms with Gasteiger partial charge in [0.25, 0.3) is 0 Å². The van der Waals surface area contributed by atoms with E-state index < -0.39 is 0 Å². The molecule has 4 nitrogen and oxygen atoms in total. The number of amides is 1. The molecule has 0 fully saturated rings. The standard InChI is InChI=1S/C9H14N2O2.3HI.V/c1-2-3-6-11-9(13)5-4-8(12)7-10;;;;/h4-7,10H2,1H3,(H,11,13);3*1H;/q;;;;+3/p-3. The van der Waals surface area contributed by atoms with E-state index in [1.54, 1.807) is 6.92 Å². The van der Waals surface area contributed by atoms with Crippen molar-refractivity contribution < 1.29 is 14.5 Å². The van der Waals surface area contributed by atoms with Crippen molar-refractivity contribution in [1.29, 1.82) is 0 Å². The Labute approximate surface area is 140 Å². The maximum atomic E-state index is 11.0. The molecule has 0 aromatic carbocycles. The van der Waals surface area contributed by atoms with Gasteiger partial charge in [0.15, 0.2) is 0 Å². The molecule has 0 unspecified atom stereocenters. The van der Waals surface area contributed by atoms with Gasteiger partial charge >= 0.3 is 64.9 Å². The van der Waals surface area contributed by atoms with E-state index in [-0.39, 0.29) is 36.0 Å². The first-order valence-corrected chi connectivity index (χ1v) is 18.1. The maximum absolute atomic E-state index is 11.0. The molecule has 0 aliphatic carbocycles. The summed E-state index contributed by atoms with van der Waals surface area (Å²) in [6, 6.07) is 0. The van der Waals surface area contributed by atoms with Crippen LogP contribution in [0.1, 0.15) is 19.8 Å². The average molecular weight is 614 g/mol. The van der Waals surface area contributed by atoms with E-state index in [0.717, 1.165) is 0 Å². The summed E-state index contributed by atoms with van der Waals surface area (Å²) >= 11 is 7.39. The number of carbonyl (C=O) groups is 2. The van der Waals surface area contributed by atoms with Gasteiger partial charge in [-0.15, -0.1) is 5.92 Å². The van der Waals surface area contributed by atoms with Gasteiger partial charge < -0.3 is 11.1 Å². The number of rotatable bonds is 5. The van der Waals surface area contributed by atoms with Crippen LogP contribution >= 0.6 is 59.9 Å². The van der Waals surface area contributed by atoms with Crippen LogP contribution in [-0.4, -0.2) is 24.8 Å². The fourth-order valence-electron chi connectivity index (χ4n) is 0.675. The summed E-state index contributed by atoms with van der Waals surface area (Å²) in [4.78, 5) is 21.4. The first-order valence-electron chi connectivity index (χ1n) is 4.59. The normalized spacial score (nSPS) is 8.59. The van der Waals surface area contributed by atoms with Crippen LogP contribution in [0.3, 0.4) is 0 Å². The van der Waals surface area contributed by atoms with Crippen LogP contribution in [0.2, 0.25) is 0 Å². The van der Waals surface area contributed by atoms with E-state index in [0.29, 0.717) is 6.54 Å². The zero-order valence-electron chi connectivity index (χ0n) is 9.30. The molecule has 98 valence electrons. The second-order valence-electron chi connectivity index (χ2n) is 2.64. The molecule has 0 heterocycles. The fourth-order valence-corrected chi connectivity index (χ4v) is 0.675. The molecule has 0 aliphatic rings. The van der Waals surface area contributed by atoms with Gasteiger partial charge in [-0.3, -0.25) is 9.59 Å². The Bertz CT molecular complexity index is 287. The first-order chi connectivity index (χ1) is 7.93. The third-order valence-electron chi connectivity index (χ3n) is 1.41. The van der Waals surface area contributed by atoms with E-state index in [2.05, 4.69) is 77.1 Å². The number of ketones is 1. The molecule has 3 N–H and O–H groups in total. The topological polar surface area (TPSA) is 72.2 Å². The molecule has 0 radical (unpaired) electrons. The van der Waals surface area contributed by atoms with Crippen molar-refractivity contribution in [1.82, 2.24) is 5.32 Å². The summed E-state index contributed by atoms with van der Waals surface area (Å²) in [5.41, 5.74) is 5.08. The number of hydrogen-bond donors (Lipinski definition) is 2. The Morgan fingerprint density at radius 1 is 1.29 bits per heavy atom. The SMILES string of the molecule is CC#CCNC(=O)CCC(=O)CN.[I][V]([I])[I]. The second kappa shape index (κ2) is 15.5. The summed E-state index contributed by atoms with van der Waals surface area (Å²) in [5.74, 6) is 5.07. The van der Waals surface area contributed by atoms with Gasteiger partial charge in [0.2, 0.25) is 5.91 Å². The van der Waals surface area contributed by atoms with Gasteiger partial charge in [-0.2, -0.15) is 0 Å². The molecule has 0 saturated heterocycles. The van der Waals surface area contributed by atoms with Gasteiger partial charge in [0, 0.05) is 12.8 Å². The van der Waals surface area contributed by atoms with E-state index in [9.17, 15) is 9.59 Å². The summed E-state index contributed by atoms with van der Waals surface area (Å²) in [6.07, 6.45) is 0.406. The Morgan fingerprint density at radius 3 is 2.24 bits per heavy atom. The van der Waals surface area contributed by atoms with E-state index in [4.69, 9.17) is 5.73 Å². The number of carbonyl (C=O) groups excluding carboxylic acids is 2. The van der Waals surface area contributed by atoms with Crippen molar-refractivity contribution in [3.05, 3.63) is 0 Å². The summed E-state index contributed by atoms with van der Waals surface area (Å²) in [5, 5.41) is 2.56. The Morgan fingerprint density at radius 2 is 1.82 bits per heavy atom. The van der Waals surface area contributed by atoms with E-state index in [1.807, 2.05) is 0 Å². The fraction of sp³-hybridized carbons (Fsp3) is 0.556. The molecule has 0 aliphatic heterocycles. The molecule has 8 heteroatoms. The molecule has 0 atom stereocenters. The number of hydrogen-bond acceptors (Lipinski definition) is 3. The molecule has 0 aromatic heterocycles. The molecule has 1 amide bonds. The first kappa shape index (κ1) is 20.7. The molecule has 17 heavy (non-hydrogen) atoms. The van der Waals surface area contributed by atoms with Crippen LogP contribution in [0, 0.1) is 11.8 Å². The summed E-state index contributed by atoms with van der Waals surface area (Å²) in [7, 11) is 0. The van der Waals surface area contributed by atoms with Crippen molar-refractivity contribution in [3.63, 3.8) is 0 Å². The average Bonchev–Trinajstić information content (AvgIpc) is 2.25. The molecular weight excluding hydrogens is 600 g/mol. The van der Waals surface area contributed by atoms with E-state index >= 15 is 0 Å². The molecule has 0 spiro atoms. The van der Waals surface area contributed by atoms with Crippen LogP contribution < -0.4 is 11.1 Å². The molecule has 0 aromatic rings. The van der Waals surface area contributed by atoms with Gasteiger partial charge in [0.1, 0.15) is 5.78 Å². The number of nitrogens with one attached hydrogen (secondary N) is 1. The minimum absolute atomic E-state index is 0.00203. The monoisotopic (exact) mass is 614 g/mol. The summed E-state index contributed by atoms with van der Waals surface area (Å²) < 4.78 is 0. The second-order valence-corrected chi connectivity index (χ2v) is 38.0. The molecule has 0 saturated carbocycles. The van der Waals surface area contributed by atoms with Crippen LogP contribution in [0.4, 0.5) is 0 Å². The third-order valence-corrected chi connectivity index (χ3v) is 1.41. The van der Waals surface area contributed by atoms with Gasteiger partial charge in [-0.1, -0.05) is 5.92 Å². The quantitative estimate of drug-likeness (QED) is 0.369. The van der Waals surface area contributed by atoms with Gasteiger partial charge in [-0.25, -0.2) is 0 Å². The Hall–Kier alpha value is 1.43. The number of halogens is 3. The number of nitrogens with two attached hydrogens (primary N) is 1. The van der Waals surface area contributed by atoms with Crippen LogP contribution in [0.5, 0.6) is 0 Å². The van der Waals surface area contributed by atoms with Crippen LogP contribution in [0.25, 0.3) is 0 Å². The van der Waals surface area contributed by atoms with Crippen molar-refractivity contribution in [3.8, 4) is 11.8 Å². The predicted octanol–water partition coefficient (Wildman–Crippen LogP) is 2.09. The van der Waals surface area contributed by atoms with Crippen LogP contribution in [0.15, 0.2) is 0 Å². The van der Waals surface area contributed by atoms with Crippen molar-refractivity contribution in [2.24, 2.45) is 5.73 Å². The van der Waals surface area contributed by atoms with E-state index in [1.165, 1.54) is 0 Å². The summed E-state index contributed by atoms with van der Waals surface area (Å²) in [6.45, 7) is 2.04. The van der Waals surface area contributed by atoms with Crippen molar-refractivity contribution in [2.75, 3.05) is 13.1 Å². The molecule has 0 bridgehead atoms. The van der Waals surface area contributed by atoms with Gasteiger partial charge in [0.05, 0.1) is 13.1 Å². The zero-order chi connectivity index (χ0) is 13.7. The van der Waals surface area contributed by atoms with Gasteiger partial charge in [-0.05, 0) is 6.92 Å². The number of Topliss-reactive ketones (excluding diaryl/α,β-unsaturated/α-hetero) is 1. The van der Waals surface area contributed by atoms with Crippen molar-refractivity contribution >= 4 is 71.6 Å². The zero-order valence-corrected chi connectivity index (χ0v) is 17.2. The minimum atomic E-state index is -0.278.